The maximum absolute atomic E-state index is 4.34. The van der Waals surface area contributed by atoms with Gasteiger partial charge in [-0.05, 0) is 30.5 Å². The summed E-state index contributed by atoms with van der Waals surface area (Å²) in [6, 6.07) is 16.9. The molecule has 3 rings (SSSR count). The first-order chi connectivity index (χ1) is 9.75. The fourth-order valence-corrected chi connectivity index (χ4v) is 2.65. The summed E-state index contributed by atoms with van der Waals surface area (Å²) in [5, 5.41) is 0. The van der Waals surface area contributed by atoms with Crippen LogP contribution in [0.25, 0.3) is 5.69 Å². The number of aryl methyl sites for hydroxylation is 2. The predicted molar refractivity (Wildman–Crippen MR) is 82.3 cm³/mol. The molecule has 0 bridgehead atoms. The highest BCUT2D eigenvalue weighted by molar-refractivity contribution is 5.48. The molecule has 2 aromatic carbocycles. The van der Waals surface area contributed by atoms with Crippen LogP contribution in [0.5, 0.6) is 0 Å². The van der Waals surface area contributed by atoms with Crippen LogP contribution in [0.4, 0.5) is 0 Å². The van der Waals surface area contributed by atoms with Gasteiger partial charge in [0.1, 0.15) is 0 Å². The van der Waals surface area contributed by atoms with E-state index in [0.717, 1.165) is 6.42 Å². The first-order valence-corrected chi connectivity index (χ1v) is 6.87. The number of aromatic nitrogens is 2. The van der Waals surface area contributed by atoms with Gasteiger partial charge in [-0.3, -0.25) is 0 Å². The lowest BCUT2D eigenvalue weighted by Crippen LogP contribution is -2.03. The third-order valence-electron chi connectivity index (χ3n) is 3.62. The molecule has 0 atom stereocenters. The topological polar surface area (TPSA) is 17.8 Å². The summed E-state index contributed by atoms with van der Waals surface area (Å²) >= 11 is 0. The minimum absolute atomic E-state index is 0.897. The lowest BCUT2D eigenvalue weighted by Gasteiger charge is -2.14. The molecule has 3 aromatic rings. The van der Waals surface area contributed by atoms with Gasteiger partial charge >= 0.3 is 0 Å². The van der Waals surface area contributed by atoms with Gasteiger partial charge < -0.3 is 4.57 Å². The van der Waals surface area contributed by atoms with Crippen molar-refractivity contribution in [1.82, 2.24) is 9.55 Å². The van der Waals surface area contributed by atoms with E-state index in [1.807, 2.05) is 18.6 Å². The molecule has 0 amide bonds. The van der Waals surface area contributed by atoms with Gasteiger partial charge in [0.05, 0.1) is 12.0 Å². The average molecular weight is 262 g/mol. The predicted octanol–water partition coefficient (Wildman–Crippen LogP) is 4.08. The fourth-order valence-electron chi connectivity index (χ4n) is 2.65. The number of para-hydroxylation sites is 1. The molecule has 0 aliphatic carbocycles. The van der Waals surface area contributed by atoms with Crippen LogP contribution in [0.2, 0.25) is 0 Å². The molecule has 0 aliphatic heterocycles. The Morgan fingerprint density at radius 2 is 1.60 bits per heavy atom. The Morgan fingerprint density at radius 3 is 2.30 bits per heavy atom. The van der Waals surface area contributed by atoms with Gasteiger partial charge in [-0.15, -0.1) is 0 Å². The van der Waals surface area contributed by atoms with Crippen LogP contribution in [0.1, 0.15) is 22.4 Å². The van der Waals surface area contributed by atoms with Gasteiger partial charge in [0.15, 0.2) is 0 Å². The van der Waals surface area contributed by atoms with E-state index in [2.05, 4.69) is 65.9 Å². The Kier molecular flexibility index (Phi) is 3.38. The Balaban J connectivity index is 2.03. The van der Waals surface area contributed by atoms with Gasteiger partial charge in [0.25, 0.3) is 0 Å². The zero-order valence-electron chi connectivity index (χ0n) is 11.9. The van der Waals surface area contributed by atoms with E-state index in [1.165, 1.54) is 28.1 Å². The van der Waals surface area contributed by atoms with E-state index in [4.69, 9.17) is 0 Å². The highest BCUT2D eigenvalue weighted by Crippen LogP contribution is 2.21. The summed E-state index contributed by atoms with van der Waals surface area (Å²) in [5.41, 5.74) is 6.32. The number of imidazole rings is 1. The monoisotopic (exact) mass is 262 g/mol. The Labute approximate surface area is 119 Å². The van der Waals surface area contributed by atoms with E-state index >= 15 is 0 Å². The minimum atomic E-state index is 0.897. The Morgan fingerprint density at radius 1 is 0.900 bits per heavy atom. The number of hydrogen-bond acceptors (Lipinski definition) is 1. The molecule has 0 saturated carbocycles. The van der Waals surface area contributed by atoms with Crippen molar-refractivity contribution in [3.8, 4) is 5.69 Å². The third-order valence-corrected chi connectivity index (χ3v) is 3.62. The van der Waals surface area contributed by atoms with E-state index < -0.39 is 0 Å². The maximum Gasteiger partial charge on any atom is 0.0994 e. The van der Waals surface area contributed by atoms with Crippen LogP contribution in [-0.2, 0) is 6.42 Å². The third kappa shape index (κ3) is 2.37. The smallest absolute Gasteiger partial charge is 0.0994 e. The number of rotatable bonds is 3. The summed E-state index contributed by atoms with van der Waals surface area (Å²) in [5.74, 6) is 0. The van der Waals surface area contributed by atoms with E-state index in [0.29, 0.717) is 0 Å². The standard InChI is InChI=1S/C18H18N2/c1-14-7-6-8-15(2)18(14)20-13-19-12-17(20)11-16-9-4-3-5-10-16/h3-10,12-13H,11H2,1-2H3. The fraction of sp³-hybridized carbons (Fsp3) is 0.167. The molecule has 2 nitrogen and oxygen atoms in total. The molecule has 100 valence electrons. The highest BCUT2D eigenvalue weighted by Gasteiger charge is 2.09. The van der Waals surface area contributed by atoms with Gasteiger partial charge in [0.2, 0.25) is 0 Å². The number of benzene rings is 2. The van der Waals surface area contributed by atoms with Crippen LogP contribution in [0.3, 0.4) is 0 Å². The molecular formula is C18H18N2. The van der Waals surface area contributed by atoms with Gasteiger partial charge in [-0.2, -0.15) is 0 Å². The maximum atomic E-state index is 4.34. The van der Waals surface area contributed by atoms with Gasteiger partial charge in [-0.25, -0.2) is 4.98 Å². The van der Waals surface area contributed by atoms with Crippen LogP contribution >= 0.6 is 0 Å². The average Bonchev–Trinajstić information content (AvgIpc) is 2.88. The molecule has 0 N–H and O–H groups in total. The summed E-state index contributed by atoms with van der Waals surface area (Å²) in [4.78, 5) is 4.34. The van der Waals surface area contributed by atoms with Crippen molar-refractivity contribution in [3.05, 3.63) is 83.4 Å². The summed E-state index contributed by atoms with van der Waals surface area (Å²) in [7, 11) is 0. The van der Waals surface area contributed by atoms with Crippen molar-refractivity contribution in [2.75, 3.05) is 0 Å². The molecule has 20 heavy (non-hydrogen) atoms. The molecule has 1 heterocycles. The van der Waals surface area contributed by atoms with E-state index in [1.54, 1.807) is 0 Å². The molecule has 0 unspecified atom stereocenters. The quantitative estimate of drug-likeness (QED) is 0.695. The summed E-state index contributed by atoms with van der Waals surface area (Å²) < 4.78 is 2.21. The zero-order chi connectivity index (χ0) is 13.9. The van der Waals surface area contributed by atoms with E-state index in [-0.39, 0.29) is 0 Å². The lowest BCUT2D eigenvalue weighted by atomic mass is 10.1. The molecule has 2 heteroatoms. The molecule has 0 spiro atoms. The van der Waals surface area contributed by atoms with Crippen LogP contribution < -0.4 is 0 Å². The van der Waals surface area contributed by atoms with Gasteiger partial charge in [-0.1, -0.05) is 48.5 Å². The number of hydrogen-bond donors (Lipinski definition) is 0. The largest absolute Gasteiger partial charge is 0.302 e. The minimum Gasteiger partial charge on any atom is -0.302 e. The van der Waals surface area contributed by atoms with Crippen LogP contribution in [0, 0.1) is 13.8 Å². The molecule has 0 saturated heterocycles. The highest BCUT2D eigenvalue weighted by atomic mass is 15.1. The number of nitrogens with zero attached hydrogens (tertiary/aromatic N) is 2. The molecule has 0 fully saturated rings. The molecule has 0 radical (unpaired) electrons. The zero-order valence-corrected chi connectivity index (χ0v) is 11.9. The van der Waals surface area contributed by atoms with Crippen molar-refractivity contribution in [2.24, 2.45) is 0 Å². The van der Waals surface area contributed by atoms with Crippen molar-refractivity contribution in [3.63, 3.8) is 0 Å². The summed E-state index contributed by atoms with van der Waals surface area (Å²) in [6.45, 7) is 4.29. The molecule has 0 aliphatic rings. The van der Waals surface area contributed by atoms with E-state index in [9.17, 15) is 0 Å². The first-order valence-electron chi connectivity index (χ1n) is 6.87. The van der Waals surface area contributed by atoms with Crippen molar-refractivity contribution >= 4 is 0 Å². The SMILES string of the molecule is Cc1cccc(C)c1-n1cncc1Cc1ccccc1. The normalized spacial score (nSPS) is 10.7. The second-order valence-corrected chi connectivity index (χ2v) is 5.16. The van der Waals surface area contributed by atoms with Crippen molar-refractivity contribution < 1.29 is 0 Å². The molecular weight excluding hydrogens is 244 g/mol. The van der Waals surface area contributed by atoms with Crippen LogP contribution in [-0.4, -0.2) is 9.55 Å². The molecule has 1 aromatic heterocycles. The second kappa shape index (κ2) is 5.33. The van der Waals surface area contributed by atoms with Crippen LogP contribution in [0.15, 0.2) is 61.1 Å². The van der Waals surface area contributed by atoms with Crippen molar-refractivity contribution in [2.45, 2.75) is 20.3 Å². The summed E-state index contributed by atoms with van der Waals surface area (Å²) in [6.07, 6.45) is 4.76. The second-order valence-electron chi connectivity index (χ2n) is 5.16. The Hall–Kier alpha value is -2.35. The Bertz CT molecular complexity index is 691. The van der Waals surface area contributed by atoms with Gasteiger partial charge in [0, 0.05) is 18.3 Å². The lowest BCUT2D eigenvalue weighted by molar-refractivity contribution is 0.936. The van der Waals surface area contributed by atoms with Crippen molar-refractivity contribution in [1.29, 1.82) is 0 Å². The first kappa shape index (κ1) is 12.7.